The molecule has 0 aromatic carbocycles. The van der Waals surface area contributed by atoms with Crippen LogP contribution in [0.2, 0.25) is 0 Å². The molecular weight excluding hydrogens is 228 g/mol. The highest BCUT2D eigenvalue weighted by molar-refractivity contribution is 5.88. The van der Waals surface area contributed by atoms with E-state index >= 15 is 0 Å². The van der Waals surface area contributed by atoms with Crippen LogP contribution in [0.15, 0.2) is 18.2 Å². The molecule has 0 saturated heterocycles. The number of hydrogen-bond acceptors (Lipinski definition) is 3. The molecule has 1 saturated carbocycles. The Balaban J connectivity index is 1.85. The van der Waals surface area contributed by atoms with Crippen molar-refractivity contribution in [2.75, 3.05) is 5.32 Å². The Morgan fingerprint density at radius 2 is 2.11 bits per heavy atom. The minimum Gasteiger partial charge on any atom is -0.335 e. The van der Waals surface area contributed by atoms with E-state index in [9.17, 15) is 4.79 Å². The third-order valence-corrected chi connectivity index (χ3v) is 3.20. The van der Waals surface area contributed by atoms with Crippen molar-refractivity contribution in [3.63, 3.8) is 0 Å². The van der Waals surface area contributed by atoms with Gasteiger partial charge in [-0.3, -0.25) is 5.32 Å². The summed E-state index contributed by atoms with van der Waals surface area (Å²) in [6, 6.07) is 5.56. The zero-order chi connectivity index (χ0) is 12.8. The van der Waals surface area contributed by atoms with Crippen LogP contribution in [0.5, 0.6) is 0 Å². The average Bonchev–Trinajstić information content (AvgIpc) is 2.40. The Morgan fingerprint density at radius 3 is 2.83 bits per heavy atom. The van der Waals surface area contributed by atoms with Gasteiger partial charge >= 0.3 is 6.03 Å². The minimum absolute atomic E-state index is 0.177. The third kappa shape index (κ3) is 3.70. The van der Waals surface area contributed by atoms with Gasteiger partial charge in [0.1, 0.15) is 5.82 Å². The Labute approximate surface area is 107 Å². The van der Waals surface area contributed by atoms with Gasteiger partial charge in [0.05, 0.1) is 5.69 Å². The van der Waals surface area contributed by atoms with Crippen LogP contribution in [0.25, 0.3) is 0 Å². The van der Waals surface area contributed by atoms with Crippen LogP contribution >= 0.6 is 0 Å². The van der Waals surface area contributed by atoms with Crippen molar-refractivity contribution >= 4 is 11.8 Å². The van der Waals surface area contributed by atoms with Gasteiger partial charge < -0.3 is 11.1 Å². The molecule has 1 aliphatic carbocycles. The van der Waals surface area contributed by atoms with Crippen LogP contribution in [0.4, 0.5) is 10.6 Å². The topological polar surface area (TPSA) is 80.0 Å². The van der Waals surface area contributed by atoms with Gasteiger partial charge in [0.15, 0.2) is 0 Å². The molecule has 0 unspecified atom stereocenters. The molecule has 0 aliphatic heterocycles. The molecule has 1 fully saturated rings. The SMILES string of the molecule is NCc1cccc(NC(=O)NC2CCCCC2)n1. The van der Waals surface area contributed by atoms with E-state index < -0.39 is 0 Å². The van der Waals surface area contributed by atoms with E-state index in [4.69, 9.17) is 5.73 Å². The average molecular weight is 248 g/mol. The predicted octanol–water partition coefficient (Wildman–Crippen LogP) is 1.99. The monoisotopic (exact) mass is 248 g/mol. The fourth-order valence-corrected chi connectivity index (χ4v) is 2.25. The van der Waals surface area contributed by atoms with Gasteiger partial charge in [-0.15, -0.1) is 0 Å². The maximum atomic E-state index is 11.8. The van der Waals surface area contributed by atoms with E-state index in [1.54, 1.807) is 6.07 Å². The number of hydrogen-bond donors (Lipinski definition) is 3. The van der Waals surface area contributed by atoms with Crippen molar-refractivity contribution < 1.29 is 4.79 Å². The third-order valence-electron chi connectivity index (χ3n) is 3.20. The molecule has 98 valence electrons. The Kier molecular flexibility index (Phi) is 4.52. The van der Waals surface area contributed by atoms with E-state index in [0.29, 0.717) is 18.4 Å². The first-order valence-electron chi connectivity index (χ1n) is 6.51. The lowest BCUT2D eigenvalue weighted by Gasteiger charge is -2.22. The quantitative estimate of drug-likeness (QED) is 0.765. The first-order valence-corrected chi connectivity index (χ1v) is 6.51. The summed E-state index contributed by atoms with van der Waals surface area (Å²) >= 11 is 0. The lowest BCUT2D eigenvalue weighted by Crippen LogP contribution is -2.39. The van der Waals surface area contributed by atoms with Crippen molar-refractivity contribution in [1.82, 2.24) is 10.3 Å². The fraction of sp³-hybridized carbons (Fsp3) is 0.538. The van der Waals surface area contributed by atoms with E-state index in [1.165, 1.54) is 19.3 Å². The van der Waals surface area contributed by atoms with Crippen LogP contribution in [-0.4, -0.2) is 17.1 Å². The second-order valence-corrected chi connectivity index (χ2v) is 4.65. The van der Waals surface area contributed by atoms with Crippen molar-refractivity contribution in [2.45, 2.75) is 44.7 Å². The molecule has 1 aromatic heterocycles. The summed E-state index contributed by atoms with van der Waals surface area (Å²) in [5, 5.41) is 5.73. The molecule has 1 aromatic rings. The van der Waals surface area contributed by atoms with Gasteiger partial charge in [0.25, 0.3) is 0 Å². The van der Waals surface area contributed by atoms with Crippen LogP contribution in [0.3, 0.4) is 0 Å². The van der Waals surface area contributed by atoms with Crippen molar-refractivity contribution in [2.24, 2.45) is 5.73 Å². The molecule has 0 radical (unpaired) electrons. The number of nitrogens with two attached hydrogens (primary N) is 1. The number of nitrogens with one attached hydrogen (secondary N) is 2. The number of urea groups is 1. The number of rotatable bonds is 3. The summed E-state index contributed by atoms with van der Waals surface area (Å²) in [6.45, 7) is 0.375. The van der Waals surface area contributed by atoms with Crippen molar-refractivity contribution in [3.05, 3.63) is 23.9 Å². The van der Waals surface area contributed by atoms with Gasteiger partial charge in [-0.1, -0.05) is 25.3 Å². The molecule has 0 bridgehead atoms. The van der Waals surface area contributed by atoms with E-state index in [2.05, 4.69) is 15.6 Å². The lowest BCUT2D eigenvalue weighted by atomic mass is 9.96. The summed E-state index contributed by atoms with van der Waals surface area (Å²) in [5.74, 6) is 0.547. The van der Waals surface area contributed by atoms with Crippen molar-refractivity contribution in [1.29, 1.82) is 0 Å². The zero-order valence-corrected chi connectivity index (χ0v) is 10.5. The molecule has 2 amide bonds. The van der Waals surface area contributed by atoms with E-state index in [1.807, 2.05) is 12.1 Å². The first kappa shape index (κ1) is 12.8. The Bertz CT molecular complexity index is 402. The van der Waals surface area contributed by atoms with Gasteiger partial charge in [-0.2, -0.15) is 0 Å². The van der Waals surface area contributed by atoms with E-state index in [-0.39, 0.29) is 6.03 Å². The molecular formula is C13H20N4O. The number of carbonyl (C=O) groups excluding carboxylic acids is 1. The standard InChI is InChI=1S/C13H20N4O/c14-9-11-7-4-8-12(15-11)17-13(18)16-10-5-2-1-3-6-10/h4,7-8,10H,1-3,5-6,9,14H2,(H2,15,16,17,18). The van der Waals surface area contributed by atoms with Crippen LogP contribution in [0.1, 0.15) is 37.8 Å². The molecule has 1 heterocycles. The molecule has 5 nitrogen and oxygen atoms in total. The van der Waals surface area contributed by atoms with Crippen LogP contribution in [-0.2, 0) is 6.54 Å². The number of carbonyl (C=O) groups is 1. The summed E-state index contributed by atoms with van der Waals surface area (Å²) in [4.78, 5) is 16.0. The molecule has 5 heteroatoms. The Morgan fingerprint density at radius 1 is 1.33 bits per heavy atom. The number of aromatic nitrogens is 1. The molecule has 0 atom stereocenters. The summed E-state index contributed by atoms with van der Waals surface area (Å²) in [5.41, 5.74) is 6.28. The summed E-state index contributed by atoms with van der Waals surface area (Å²) in [7, 11) is 0. The maximum Gasteiger partial charge on any atom is 0.320 e. The highest BCUT2D eigenvalue weighted by atomic mass is 16.2. The fourth-order valence-electron chi connectivity index (χ4n) is 2.25. The number of anilines is 1. The minimum atomic E-state index is -0.177. The van der Waals surface area contributed by atoms with Crippen molar-refractivity contribution in [3.8, 4) is 0 Å². The largest absolute Gasteiger partial charge is 0.335 e. The van der Waals surface area contributed by atoms with Gasteiger partial charge in [-0.25, -0.2) is 9.78 Å². The molecule has 18 heavy (non-hydrogen) atoms. The smallest absolute Gasteiger partial charge is 0.320 e. The van der Waals surface area contributed by atoms with Gasteiger partial charge in [0.2, 0.25) is 0 Å². The van der Waals surface area contributed by atoms with E-state index in [0.717, 1.165) is 18.5 Å². The molecule has 0 spiro atoms. The van der Waals surface area contributed by atoms with Crippen LogP contribution in [0, 0.1) is 0 Å². The second-order valence-electron chi connectivity index (χ2n) is 4.65. The summed E-state index contributed by atoms with van der Waals surface area (Å²) in [6.07, 6.45) is 5.82. The molecule has 4 N–H and O–H groups in total. The van der Waals surface area contributed by atoms with Gasteiger partial charge in [-0.05, 0) is 25.0 Å². The van der Waals surface area contributed by atoms with Gasteiger partial charge in [0, 0.05) is 12.6 Å². The van der Waals surface area contributed by atoms with Crippen LogP contribution < -0.4 is 16.4 Å². The lowest BCUT2D eigenvalue weighted by molar-refractivity contribution is 0.244. The molecule has 1 aliphatic rings. The molecule has 2 rings (SSSR count). The summed E-state index contributed by atoms with van der Waals surface area (Å²) < 4.78 is 0. The first-order chi connectivity index (χ1) is 8.78. The number of nitrogens with zero attached hydrogens (tertiary/aromatic N) is 1. The highest BCUT2D eigenvalue weighted by Gasteiger charge is 2.15. The maximum absolute atomic E-state index is 11.8. The Hall–Kier alpha value is -1.62. The number of pyridine rings is 1. The zero-order valence-electron chi connectivity index (χ0n) is 10.5. The number of amides is 2. The second kappa shape index (κ2) is 6.35. The predicted molar refractivity (Wildman–Crippen MR) is 71.2 cm³/mol. The normalized spacial score (nSPS) is 16.3. The highest BCUT2D eigenvalue weighted by Crippen LogP contribution is 2.17.